The average molecular weight is 193 g/mol. The zero-order valence-corrected chi connectivity index (χ0v) is 7.65. The van der Waals surface area contributed by atoms with Gasteiger partial charge in [-0.2, -0.15) is 0 Å². The van der Waals surface area contributed by atoms with Gasteiger partial charge in [0.15, 0.2) is 5.78 Å². The Labute approximate surface area is 81.1 Å². The molecule has 1 aromatic carbocycles. The number of aliphatic carboxylic acids is 1. The molecule has 4 nitrogen and oxygen atoms in total. The zero-order chi connectivity index (χ0) is 10.6. The van der Waals surface area contributed by atoms with E-state index in [1.54, 1.807) is 24.3 Å². The quantitative estimate of drug-likeness (QED) is 0.632. The molecule has 0 heterocycles. The number of para-hydroxylation sites is 1. The fraction of sp³-hybridized carbons (Fsp3) is 0.200. The molecule has 0 aliphatic carbocycles. The summed E-state index contributed by atoms with van der Waals surface area (Å²) in [5, 5.41) is 10.1. The lowest BCUT2D eigenvalue weighted by molar-refractivity contribution is -0.307. The number of carboxylic acids is 1. The molecule has 0 aromatic heterocycles. The van der Waals surface area contributed by atoms with Gasteiger partial charge in [0.05, 0.1) is 11.5 Å². The summed E-state index contributed by atoms with van der Waals surface area (Å²) in [4.78, 5) is 21.2. The summed E-state index contributed by atoms with van der Waals surface area (Å²) in [5.74, 6) is -1.22. The molecule has 0 fully saturated rings. The number of Topliss-reactive ketones (excluding diaryl/α,β-unsaturated/α-hetero) is 1. The highest BCUT2D eigenvalue weighted by molar-refractivity contribution is 5.96. The third-order valence-corrected chi connectivity index (χ3v) is 1.61. The number of hydrogen-bond donors (Lipinski definition) is 0. The van der Waals surface area contributed by atoms with Crippen molar-refractivity contribution in [1.82, 2.24) is 0 Å². The summed E-state index contributed by atoms with van der Waals surface area (Å²) in [7, 11) is 0. The number of hydrogen-bond acceptors (Lipinski definition) is 4. The number of benzene rings is 1. The first-order chi connectivity index (χ1) is 6.61. The molecule has 0 spiro atoms. The predicted octanol–water partition coefficient (Wildman–Crippen LogP) is 0.0179. The largest absolute Gasteiger partial charge is 0.546 e. The van der Waals surface area contributed by atoms with Crippen molar-refractivity contribution in [1.29, 1.82) is 0 Å². The second-order valence-electron chi connectivity index (χ2n) is 2.71. The molecule has 0 radical (unpaired) electrons. The topological polar surface area (TPSA) is 66.4 Å². The fourth-order valence-electron chi connectivity index (χ4n) is 1.02. The van der Waals surface area contributed by atoms with Crippen molar-refractivity contribution in [2.45, 2.75) is 6.92 Å². The van der Waals surface area contributed by atoms with Crippen LogP contribution >= 0.6 is 0 Å². The van der Waals surface area contributed by atoms with E-state index < -0.39 is 12.6 Å². The van der Waals surface area contributed by atoms with Crippen molar-refractivity contribution >= 4 is 11.8 Å². The highest BCUT2D eigenvalue weighted by Gasteiger charge is 2.06. The van der Waals surface area contributed by atoms with Gasteiger partial charge in [0.25, 0.3) is 0 Å². The summed E-state index contributed by atoms with van der Waals surface area (Å²) in [5.41, 5.74) is 0.369. The van der Waals surface area contributed by atoms with Gasteiger partial charge in [-0.3, -0.25) is 4.79 Å². The minimum Gasteiger partial charge on any atom is -0.546 e. The number of carbonyl (C=O) groups excluding carboxylic acids is 2. The molecule has 0 aliphatic heterocycles. The number of ether oxygens (including phenoxy) is 1. The smallest absolute Gasteiger partial charge is 0.163 e. The van der Waals surface area contributed by atoms with E-state index in [2.05, 4.69) is 0 Å². The molecular formula is C10H9O4-. The Morgan fingerprint density at radius 3 is 2.57 bits per heavy atom. The lowest BCUT2D eigenvalue weighted by Gasteiger charge is -2.09. The maximum atomic E-state index is 11.1. The number of ketones is 1. The number of rotatable bonds is 4. The fourth-order valence-corrected chi connectivity index (χ4v) is 1.02. The van der Waals surface area contributed by atoms with Gasteiger partial charge in [-0.05, 0) is 19.1 Å². The monoisotopic (exact) mass is 193 g/mol. The summed E-state index contributed by atoms with van der Waals surface area (Å²) < 4.78 is 4.88. The first-order valence-electron chi connectivity index (χ1n) is 4.04. The Bertz CT molecular complexity index is 357. The molecule has 0 saturated heterocycles. The van der Waals surface area contributed by atoms with Crippen molar-refractivity contribution in [2.24, 2.45) is 0 Å². The second-order valence-corrected chi connectivity index (χ2v) is 2.71. The molecule has 0 bridgehead atoms. The SMILES string of the molecule is CC(=O)c1ccccc1OCC(=O)[O-]. The van der Waals surface area contributed by atoms with Gasteiger partial charge in [-0.25, -0.2) is 0 Å². The van der Waals surface area contributed by atoms with Crippen molar-refractivity contribution in [3.63, 3.8) is 0 Å². The minimum absolute atomic E-state index is 0.168. The average Bonchev–Trinajstić information content (AvgIpc) is 2.15. The molecule has 4 heteroatoms. The Balaban J connectivity index is 2.84. The normalized spacial score (nSPS) is 9.50. The van der Waals surface area contributed by atoms with E-state index >= 15 is 0 Å². The molecule has 1 aromatic rings. The van der Waals surface area contributed by atoms with Gasteiger partial charge in [0, 0.05) is 0 Å². The molecule has 0 atom stereocenters. The highest BCUT2D eigenvalue weighted by atomic mass is 16.5. The number of carbonyl (C=O) groups is 2. The lowest BCUT2D eigenvalue weighted by atomic mass is 10.1. The summed E-state index contributed by atoms with van der Waals surface area (Å²) in [6, 6.07) is 6.46. The summed E-state index contributed by atoms with van der Waals surface area (Å²) in [6.07, 6.45) is 0. The molecule has 0 amide bonds. The minimum atomic E-state index is -1.32. The van der Waals surface area contributed by atoms with Crippen molar-refractivity contribution < 1.29 is 19.4 Å². The van der Waals surface area contributed by atoms with E-state index in [-0.39, 0.29) is 11.5 Å². The maximum Gasteiger partial charge on any atom is 0.163 e. The first kappa shape index (κ1) is 10.2. The van der Waals surface area contributed by atoms with Crippen LogP contribution in [-0.4, -0.2) is 18.4 Å². The van der Waals surface area contributed by atoms with E-state index in [1.165, 1.54) is 6.92 Å². The highest BCUT2D eigenvalue weighted by Crippen LogP contribution is 2.17. The lowest BCUT2D eigenvalue weighted by Crippen LogP contribution is -2.29. The van der Waals surface area contributed by atoms with Crippen LogP contribution in [0, 0.1) is 0 Å². The van der Waals surface area contributed by atoms with Gasteiger partial charge in [-0.15, -0.1) is 0 Å². The number of carboxylic acid groups (broad SMARTS) is 1. The van der Waals surface area contributed by atoms with Crippen LogP contribution in [0.2, 0.25) is 0 Å². The molecule has 0 aliphatic rings. The van der Waals surface area contributed by atoms with Crippen molar-refractivity contribution in [3.8, 4) is 5.75 Å². The van der Waals surface area contributed by atoms with Gasteiger partial charge in [0.2, 0.25) is 0 Å². The van der Waals surface area contributed by atoms with Crippen LogP contribution in [-0.2, 0) is 4.79 Å². The van der Waals surface area contributed by atoms with Crippen LogP contribution in [0.4, 0.5) is 0 Å². The van der Waals surface area contributed by atoms with Crippen LogP contribution in [0.1, 0.15) is 17.3 Å². The second kappa shape index (κ2) is 4.41. The van der Waals surface area contributed by atoms with Crippen LogP contribution in [0.25, 0.3) is 0 Å². The molecule has 0 unspecified atom stereocenters. The summed E-state index contributed by atoms with van der Waals surface area (Å²) >= 11 is 0. The van der Waals surface area contributed by atoms with Crippen molar-refractivity contribution in [2.75, 3.05) is 6.61 Å². The Morgan fingerprint density at radius 2 is 2.00 bits per heavy atom. The van der Waals surface area contributed by atoms with E-state index in [0.29, 0.717) is 5.56 Å². The molecular weight excluding hydrogens is 184 g/mol. The van der Waals surface area contributed by atoms with Gasteiger partial charge < -0.3 is 14.6 Å². The van der Waals surface area contributed by atoms with Crippen LogP contribution in [0.5, 0.6) is 5.75 Å². The Hall–Kier alpha value is -1.84. The Morgan fingerprint density at radius 1 is 1.36 bits per heavy atom. The molecule has 74 valence electrons. The van der Waals surface area contributed by atoms with Crippen LogP contribution in [0.3, 0.4) is 0 Å². The first-order valence-corrected chi connectivity index (χ1v) is 4.04. The zero-order valence-electron chi connectivity index (χ0n) is 7.65. The maximum absolute atomic E-state index is 11.1. The van der Waals surface area contributed by atoms with E-state index in [1.807, 2.05) is 0 Å². The summed E-state index contributed by atoms with van der Waals surface area (Å²) in [6.45, 7) is 0.839. The van der Waals surface area contributed by atoms with Crippen molar-refractivity contribution in [3.05, 3.63) is 29.8 Å². The van der Waals surface area contributed by atoms with E-state index in [4.69, 9.17) is 4.74 Å². The van der Waals surface area contributed by atoms with Crippen LogP contribution in [0.15, 0.2) is 24.3 Å². The van der Waals surface area contributed by atoms with Gasteiger partial charge >= 0.3 is 0 Å². The molecule has 0 saturated carbocycles. The van der Waals surface area contributed by atoms with Gasteiger partial charge in [-0.1, -0.05) is 12.1 Å². The molecule has 1 rings (SSSR count). The molecule has 14 heavy (non-hydrogen) atoms. The predicted molar refractivity (Wildman–Crippen MR) is 46.9 cm³/mol. The van der Waals surface area contributed by atoms with Crippen LogP contribution < -0.4 is 9.84 Å². The third-order valence-electron chi connectivity index (χ3n) is 1.61. The molecule has 0 N–H and O–H groups in total. The van der Waals surface area contributed by atoms with E-state index in [9.17, 15) is 14.7 Å². The van der Waals surface area contributed by atoms with Gasteiger partial charge in [0.1, 0.15) is 12.4 Å². The third kappa shape index (κ3) is 2.58. The van der Waals surface area contributed by atoms with E-state index in [0.717, 1.165) is 0 Å². The standard InChI is InChI=1S/C10H10O4/c1-7(11)8-4-2-3-5-9(8)14-6-10(12)13/h2-5H,6H2,1H3,(H,12,13)/p-1. The Kier molecular flexibility index (Phi) is 3.23.